The Morgan fingerprint density at radius 3 is 2.52 bits per heavy atom. The minimum absolute atomic E-state index is 0.00820. The van der Waals surface area contributed by atoms with E-state index in [0.29, 0.717) is 44.3 Å². The van der Waals surface area contributed by atoms with Crippen molar-refractivity contribution in [1.82, 2.24) is 4.31 Å². The molecular formula is C20H25N3O5S. The highest BCUT2D eigenvalue weighted by Gasteiger charge is 2.26. The lowest BCUT2D eigenvalue weighted by Gasteiger charge is -2.26. The number of carbonyl (C=O) groups is 1. The molecule has 2 aromatic carbocycles. The van der Waals surface area contributed by atoms with E-state index in [1.165, 1.54) is 10.4 Å². The molecule has 9 heteroatoms. The number of nitrogens with one attached hydrogen (secondary N) is 2. The van der Waals surface area contributed by atoms with Gasteiger partial charge in [0.25, 0.3) is 0 Å². The van der Waals surface area contributed by atoms with Gasteiger partial charge in [-0.15, -0.1) is 0 Å². The molecule has 0 saturated carbocycles. The van der Waals surface area contributed by atoms with Crippen LogP contribution in [0.3, 0.4) is 0 Å². The number of rotatable bonds is 8. The van der Waals surface area contributed by atoms with Crippen LogP contribution < -0.4 is 15.4 Å². The number of amides is 1. The molecule has 3 rings (SSSR count). The summed E-state index contributed by atoms with van der Waals surface area (Å²) < 4.78 is 37.5. The molecule has 0 atom stereocenters. The molecule has 0 spiro atoms. The zero-order valence-corrected chi connectivity index (χ0v) is 17.1. The highest BCUT2D eigenvalue weighted by atomic mass is 32.2. The topological polar surface area (TPSA) is 97.0 Å². The maximum Gasteiger partial charge on any atom is 0.243 e. The Morgan fingerprint density at radius 1 is 1.10 bits per heavy atom. The molecule has 1 amide bonds. The summed E-state index contributed by atoms with van der Waals surface area (Å²) in [7, 11) is -3.58. The first-order chi connectivity index (χ1) is 14.0. The fourth-order valence-electron chi connectivity index (χ4n) is 2.89. The van der Waals surface area contributed by atoms with Gasteiger partial charge < -0.3 is 20.1 Å². The van der Waals surface area contributed by atoms with E-state index in [2.05, 4.69) is 10.6 Å². The Bertz CT molecular complexity index is 925. The van der Waals surface area contributed by atoms with Crippen molar-refractivity contribution >= 4 is 27.3 Å². The van der Waals surface area contributed by atoms with Gasteiger partial charge in [0.15, 0.2) is 0 Å². The SMILES string of the molecule is CCOc1ccc(NC(=O)CNc2cccc(S(=O)(=O)N3CCOCC3)c2)cc1. The molecule has 1 heterocycles. The van der Waals surface area contributed by atoms with Gasteiger partial charge in [0.2, 0.25) is 15.9 Å². The lowest BCUT2D eigenvalue weighted by atomic mass is 10.3. The van der Waals surface area contributed by atoms with E-state index in [1.54, 1.807) is 42.5 Å². The van der Waals surface area contributed by atoms with Crippen molar-refractivity contribution in [3.63, 3.8) is 0 Å². The maximum atomic E-state index is 12.7. The number of hydrogen-bond acceptors (Lipinski definition) is 6. The van der Waals surface area contributed by atoms with Gasteiger partial charge in [-0.05, 0) is 49.4 Å². The number of ether oxygens (including phenoxy) is 2. The fourth-order valence-corrected chi connectivity index (χ4v) is 4.35. The second-order valence-corrected chi connectivity index (χ2v) is 8.34. The second-order valence-electron chi connectivity index (χ2n) is 6.40. The number of nitrogens with zero attached hydrogens (tertiary/aromatic N) is 1. The van der Waals surface area contributed by atoms with Crippen molar-refractivity contribution < 1.29 is 22.7 Å². The first kappa shape index (κ1) is 21.1. The van der Waals surface area contributed by atoms with Crippen LogP contribution in [0.2, 0.25) is 0 Å². The third kappa shape index (κ3) is 5.69. The number of hydrogen-bond donors (Lipinski definition) is 2. The van der Waals surface area contributed by atoms with Crippen molar-refractivity contribution in [1.29, 1.82) is 0 Å². The molecule has 0 unspecified atom stereocenters. The third-order valence-corrected chi connectivity index (χ3v) is 6.24. The summed E-state index contributed by atoms with van der Waals surface area (Å²) in [5.41, 5.74) is 1.21. The Balaban J connectivity index is 1.58. The number of anilines is 2. The Labute approximate surface area is 170 Å². The minimum atomic E-state index is -3.58. The van der Waals surface area contributed by atoms with E-state index in [4.69, 9.17) is 9.47 Å². The van der Waals surface area contributed by atoms with Gasteiger partial charge in [-0.3, -0.25) is 4.79 Å². The molecule has 0 bridgehead atoms. The van der Waals surface area contributed by atoms with E-state index >= 15 is 0 Å². The number of benzene rings is 2. The van der Waals surface area contributed by atoms with Gasteiger partial charge in [0.1, 0.15) is 5.75 Å². The smallest absolute Gasteiger partial charge is 0.243 e. The molecule has 1 aliphatic rings. The van der Waals surface area contributed by atoms with Gasteiger partial charge >= 0.3 is 0 Å². The number of morpholine rings is 1. The zero-order chi connectivity index (χ0) is 20.7. The van der Waals surface area contributed by atoms with Crippen LogP contribution in [-0.4, -0.2) is 58.1 Å². The molecule has 0 aromatic heterocycles. The molecule has 156 valence electrons. The summed E-state index contributed by atoms with van der Waals surface area (Å²) in [5, 5.41) is 5.75. The maximum absolute atomic E-state index is 12.7. The van der Waals surface area contributed by atoms with Gasteiger partial charge in [0.05, 0.1) is 31.3 Å². The Morgan fingerprint density at radius 2 is 1.83 bits per heavy atom. The minimum Gasteiger partial charge on any atom is -0.494 e. The molecular weight excluding hydrogens is 394 g/mol. The second kappa shape index (κ2) is 9.73. The lowest BCUT2D eigenvalue weighted by molar-refractivity contribution is -0.114. The summed E-state index contributed by atoms with van der Waals surface area (Å²) in [4.78, 5) is 12.4. The van der Waals surface area contributed by atoms with E-state index in [0.717, 1.165) is 5.75 Å². The molecule has 1 aliphatic heterocycles. The van der Waals surface area contributed by atoms with Crippen LogP contribution in [0.15, 0.2) is 53.4 Å². The predicted octanol–water partition coefficient (Wildman–Crippen LogP) is 2.16. The molecule has 0 radical (unpaired) electrons. The van der Waals surface area contributed by atoms with Gasteiger partial charge in [0, 0.05) is 24.5 Å². The van der Waals surface area contributed by atoms with E-state index in [-0.39, 0.29) is 17.3 Å². The lowest BCUT2D eigenvalue weighted by Crippen LogP contribution is -2.40. The molecule has 1 saturated heterocycles. The van der Waals surface area contributed by atoms with Crippen LogP contribution in [-0.2, 0) is 19.6 Å². The van der Waals surface area contributed by atoms with Crippen molar-refractivity contribution in [3.05, 3.63) is 48.5 Å². The Kier molecular flexibility index (Phi) is 7.08. The molecule has 8 nitrogen and oxygen atoms in total. The van der Waals surface area contributed by atoms with Crippen LogP contribution in [0.5, 0.6) is 5.75 Å². The van der Waals surface area contributed by atoms with Gasteiger partial charge in [-0.2, -0.15) is 4.31 Å². The van der Waals surface area contributed by atoms with Crippen molar-refractivity contribution in [3.8, 4) is 5.75 Å². The summed E-state index contributed by atoms with van der Waals surface area (Å²) >= 11 is 0. The van der Waals surface area contributed by atoms with E-state index < -0.39 is 10.0 Å². The van der Waals surface area contributed by atoms with Crippen molar-refractivity contribution in [2.24, 2.45) is 0 Å². The normalized spacial score (nSPS) is 14.9. The van der Waals surface area contributed by atoms with Crippen LogP contribution in [0.4, 0.5) is 11.4 Å². The summed E-state index contributed by atoms with van der Waals surface area (Å²) in [6.07, 6.45) is 0. The fraction of sp³-hybridized carbons (Fsp3) is 0.350. The summed E-state index contributed by atoms with van der Waals surface area (Å²) in [6, 6.07) is 13.6. The summed E-state index contributed by atoms with van der Waals surface area (Å²) in [6.45, 7) is 3.95. The average Bonchev–Trinajstić information content (AvgIpc) is 2.75. The van der Waals surface area contributed by atoms with Gasteiger partial charge in [-0.25, -0.2) is 8.42 Å². The van der Waals surface area contributed by atoms with E-state index in [9.17, 15) is 13.2 Å². The van der Waals surface area contributed by atoms with Crippen LogP contribution in [0, 0.1) is 0 Å². The number of carbonyl (C=O) groups excluding carboxylic acids is 1. The largest absolute Gasteiger partial charge is 0.494 e. The predicted molar refractivity (Wildman–Crippen MR) is 111 cm³/mol. The zero-order valence-electron chi connectivity index (χ0n) is 16.3. The van der Waals surface area contributed by atoms with Crippen LogP contribution in [0.1, 0.15) is 6.92 Å². The molecule has 29 heavy (non-hydrogen) atoms. The summed E-state index contributed by atoms with van der Waals surface area (Å²) in [5.74, 6) is 0.498. The molecule has 2 aromatic rings. The monoisotopic (exact) mass is 419 g/mol. The standard InChI is InChI=1S/C20H25N3O5S/c1-2-28-18-8-6-16(7-9-18)22-20(24)15-21-17-4-3-5-19(14-17)29(25,26)23-10-12-27-13-11-23/h3-9,14,21H,2,10-13,15H2,1H3,(H,22,24). The van der Waals surface area contributed by atoms with Crippen molar-refractivity contribution in [2.45, 2.75) is 11.8 Å². The first-order valence-corrected chi connectivity index (χ1v) is 10.9. The first-order valence-electron chi connectivity index (χ1n) is 9.43. The third-order valence-electron chi connectivity index (χ3n) is 4.34. The van der Waals surface area contributed by atoms with E-state index in [1.807, 2.05) is 6.92 Å². The highest BCUT2D eigenvalue weighted by Crippen LogP contribution is 2.20. The van der Waals surface area contributed by atoms with Crippen molar-refractivity contribution in [2.75, 3.05) is 50.1 Å². The van der Waals surface area contributed by atoms with Crippen LogP contribution in [0.25, 0.3) is 0 Å². The average molecular weight is 420 g/mol. The highest BCUT2D eigenvalue weighted by molar-refractivity contribution is 7.89. The van der Waals surface area contributed by atoms with Crippen LogP contribution >= 0.6 is 0 Å². The quantitative estimate of drug-likeness (QED) is 0.681. The molecule has 2 N–H and O–H groups in total. The molecule has 0 aliphatic carbocycles. The van der Waals surface area contributed by atoms with Gasteiger partial charge in [-0.1, -0.05) is 6.07 Å². The number of sulfonamides is 1. The Hall–Kier alpha value is -2.62. The molecule has 1 fully saturated rings.